The lowest BCUT2D eigenvalue weighted by Gasteiger charge is -2.19. The van der Waals surface area contributed by atoms with Crippen molar-refractivity contribution in [1.82, 2.24) is 10.3 Å². The van der Waals surface area contributed by atoms with Crippen LogP contribution in [0, 0.1) is 20.8 Å². The lowest BCUT2D eigenvalue weighted by molar-refractivity contribution is -0.538. The minimum atomic E-state index is 0.850. The summed E-state index contributed by atoms with van der Waals surface area (Å²) in [5, 5.41) is 9.73. The third-order valence-electron chi connectivity index (χ3n) is 11.7. The van der Waals surface area contributed by atoms with Crippen LogP contribution in [0.5, 0.6) is 0 Å². The highest BCUT2D eigenvalue weighted by atomic mass is 15.1. The van der Waals surface area contributed by atoms with E-state index in [0.29, 0.717) is 0 Å². The lowest BCUT2D eigenvalue weighted by Crippen LogP contribution is -2.71. The third-order valence-corrected chi connectivity index (χ3v) is 11.7. The van der Waals surface area contributed by atoms with Crippen molar-refractivity contribution in [3.8, 4) is 5.69 Å². The molecule has 7 rings (SSSR count). The van der Waals surface area contributed by atoms with Crippen molar-refractivity contribution in [2.75, 3.05) is 56.4 Å². The van der Waals surface area contributed by atoms with Crippen LogP contribution in [0.25, 0.3) is 27.8 Å². The zero-order valence-corrected chi connectivity index (χ0v) is 37.1. The number of hydrogen-bond donors (Lipinski definition) is 3. The summed E-state index contributed by atoms with van der Waals surface area (Å²) in [5.74, 6) is 0. The zero-order chi connectivity index (χ0) is 42.2. The number of para-hydroxylation sites is 2. The number of benzene rings is 5. The van der Waals surface area contributed by atoms with Crippen molar-refractivity contribution in [1.29, 1.82) is 0 Å². The van der Waals surface area contributed by atoms with Gasteiger partial charge in [-0.15, -0.1) is 4.57 Å². The van der Waals surface area contributed by atoms with Crippen LogP contribution in [0.2, 0.25) is 0 Å². The second-order valence-corrected chi connectivity index (χ2v) is 16.8. The van der Waals surface area contributed by atoms with Gasteiger partial charge in [0.05, 0.1) is 0 Å². The molecule has 0 unspecified atom stereocenters. The molecule has 4 N–H and O–H groups in total. The zero-order valence-electron chi connectivity index (χ0n) is 37.1. The van der Waals surface area contributed by atoms with E-state index in [1.807, 2.05) is 0 Å². The summed E-state index contributed by atoms with van der Waals surface area (Å²) in [6.45, 7) is 10.8. The van der Waals surface area contributed by atoms with Crippen molar-refractivity contribution in [3.63, 3.8) is 0 Å². The Labute approximate surface area is 357 Å². The fraction of sp³-hybridized carbons (Fsp3) is 0.327. The molecule has 0 fully saturated rings. The number of anilines is 3. The van der Waals surface area contributed by atoms with Crippen LogP contribution in [0.15, 0.2) is 125 Å². The highest BCUT2D eigenvalue weighted by Gasteiger charge is 2.24. The van der Waals surface area contributed by atoms with E-state index in [1.165, 1.54) is 82.8 Å². The second-order valence-electron chi connectivity index (χ2n) is 16.8. The Kier molecular flexibility index (Phi) is 13.6. The molecule has 8 heteroatoms. The molecule has 0 saturated heterocycles. The van der Waals surface area contributed by atoms with Gasteiger partial charge in [0.25, 0.3) is 0 Å². The van der Waals surface area contributed by atoms with Gasteiger partial charge in [-0.3, -0.25) is 5.32 Å². The topological polar surface area (TPSA) is 76.3 Å². The van der Waals surface area contributed by atoms with E-state index in [-0.39, 0.29) is 0 Å². The summed E-state index contributed by atoms with van der Waals surface area (Å²) < 4.78 is 2.39. The Morgan fingerprint density at radius 2 is 1.30 bits per heavy atom. The van der Waals surface area contributed by atoms with Crippen molar-refractivity contribution in [3.05, 3.63) is 137 Å². The molecule has 1 heterocycles. The molecule has 1 aliphatic rings. The van der Waals surface area contributed by atoms with Gasteiger partial charge in [0, 0.05) is 106 Å². The Morgan fingerprint density at radius 1 is 0.667 bits per heavy atom. The molecule has 1 aliphatic carbocycles. The van der Waals surface area contributed by atoms with E-state index < -0.39 is 0 Å². The van der Waals surface area contributed by atoms with Gasteiger partial charge in [0.15, 0.2) is 5.69 Å². The molecule has 0 spiro atoms. The molecule has 60 heavy (non-hydrogen) atoms. The predicted molar refractivity (Wildman–Crippen MR) is 256 cm³/mol. The standard InChI is InChI=1S/C52H62N8/c1-36-31-41(56-46-32-37(2)49(58(5)6)34-47(46)55-40-21-15-13-16-22-40)25-26-43(36)53-29-19-11-9-10-12-20-30-54-44-27-28-45-52(39(44)4)60(42-23-17-14-18-24-42)51-35-50(59(7)8)38(3)33-48(51)57-45/h13-18,21-28,32-35,53,55H,9-12,19-20,29-31H2,1-8H3/p+2. The van der Waals surface area contributed by atoms with E-state index >= 15 is 0 Å². The molecule has 310 valence electrons. The first-order valence-electron chi connectivity index (χ1n) is 21.7. The summed E-state index contributed by atoms with van der Waals surface area (Å²) in [5.41, 5.74) is 19.7. The third kappa shape index (κ3) is 9.88. The van der Waals surface area contributed by atoms with Gasteiger partial charge in [-0.05, 0) is 106 Å². The Balaban J connectivity index is 0.884. The van der Waals surface area contributed by atoms with Crippen molar-refractivity contribution >= 4 is 61.9 Å². The second kappa shape index (κ2) is 19.4. The van der Waals surface area contributed by atoms with Crippen molar-refractivity contribution < 1.29 is 9.88 Å². The number of rotatable bonds is 17. The van der Waals surface area contributed by atoms with Crippen LogP contribution in [0.4, 0.5) is 34.1 Å². The Morgan fingerprint density at radius 3 is 1.98 bits per heavy atom. The highest BCUT2D eigenvalue weighted by molar-refractivity contribution is 6.00. The summed E-state index contributed by atoms with van der Waals surface area (Å²) in [6, 6.07) is 34.6. The number of nitrogens with two attached hydrogens (primary N) is 1. The molecule has 0 atom stereocenters. The number of aromatic nitrogens is 2. The molecule has 5 aromatic carbocycles. The maximum absolute atomic E-state index is 5.19. The van der Waals surface area contributed by atoms with Gasteiger partial charge >= 0.3 is 0 Å². The minimum absolute atomic E-state index is 0.850. The Hall–Kier alpha value is -5.99. The van der Waals surface area contributed by atoms with Crippen LogP contribution in [-0.4, -0.2) is 52.0 Å². The number of allylic oxidation sites excluding steroid dienone is 3. The van der Waals surface area contributed by atoms with Gasteiger partial charge in [0.1, 0.15) is 22.4 Å². The first-order valence-corrected chi connectivity index (χ1v) is 21.7. The SMILES string of the molecule is CC1=C(NCCCCCCCCNc2ccc3nc4cc(C)c(N(C)C)cc4[n+](-c4ccccc4)c3c2C)C=CC(=Nc2cc(C)c(N(C)C)cc2[NH2+]c2ccccc2)C1. The summed E-state index contributed by atoms with van der Waals surface area (Å²) in [6.07, 6.45) is 12.6. The molecule has 0 saturated carbocycles. The van der Waals surface area contributed by atoms with Crippen molar-refractivity contribution in [2.45, 2.75) is 72.6 Å². The molecule has 8 nitrogen and oxygen atoms in total. The normalized spacial score (nSPS) is 13.4. The predicted octanol–water partition coefficient (Wildman–Crippen LogP) is 10.6. The molecule has 0 radical (unpaired) electrons. The molecule has 1 aromatic heterocycles. The van der Waals surface area contributed by atoms with Crippen LogP contribution >= 0.6 is 0 Å². The van der Waals surface area contributed by atoms with Gasteiger partial charge in [0.2, 0.25) is 16.7 Å². The van der Waals surface area contributed by atoms with Gasteiger partial charge in [-0.25, -0.2) is 9.98 Å². The minimum Gasteiger partial charge on any atom is -0.385 e. The average Bonchev–Trinajstić information content (AvgIpc) is 3.23. The first-order chi connectivity index (χ1) is 29.1. The number of hydrogen-bond acceptors (Lipinski definition) is 6. The van der Waals surface area contributed by atoms with Crippen LogP contribution < -0.4 is 30.3 Å². The van der Waals surface area contributed by atoms with E-state index in [1.54, 1.807) is 0 Å². The fourth-order valence-corrected chi connectivity index (χ4v) is 8.48. The van der Waals surface area contributed by atoms with E-state index in [2.05, 4.69) is 195 Å². The number of nitrogens with one attached hydrogen (secondary N) is 2. The largest absolute Gasteiger partial charge is 0.385 e. The maximum Gasteiger partial charge on any atom is 0.242 e. The summed E-state index contributed by atoms with van der Waals surface area (Å²) in [4.78, 5) is 14.7. The lowest BCUT2D eigenvalue weighted by atomic mass is 10.0. The molecule has 0 aliphatic heterocycles. The Bertz CT molecular complexity index is 2530. The molecule has 0 amide bonds. The fourth-order valence-electron chi connectivity index (χ4n) is 8.48. The molecule has 6 aromatic rings. The van der Waals surface area contributed by atoms with E-state index in [9.17, 15) is 0 Å². The average molecular weight is 801 g/mol. The molecule has 0 bridgehead atoms. The number of aliphatic imine (C=N–C) groups is 1. The number of aryl methyl sites for hydroxylation is 3. The molecular formula is C52H64N8+2. The molecular weight excluding hydrogens is 737 g/mol. The van der Waals surface area contributed by atoms with Gasteiger partial charge < -0.3 is 20.4 Å². The van der Waals surface area contributed by atoms with Gasteiger partial charge in [-0.1, -0.05) is 62.1 Å². The highest BCUT2D eigenvalue weighted by Crippen LogP contribution is 2.33. The van der Waals surface area contributed by atoms with Gasteiger partial charge in [-0.2, -0.15) is 0 Å². The smallest absolute Gasteiger partial charge is 0.242 e. The monoisotopic (exact) mass is 801 g/mol. The van der Waals surface area contributed by atoms with E-state index in [4.69, 9.17) is 9.98 Å². The maximum atomic E-state index is 5.19. The number of unbranched alkanes of at least 4 members (excludes halogenated alkanes) is 5. The van der Waals surface area contributed by atoms with E-state index in [0.717, 1.165) is 70.8 Å². The van der Waals surface area contributed by atoms with Crippen LogP contribution in [0.1, 0.15) is 68.6 Å². The van der Waals surface area contributed by atoms with Crippen LogP contribution in [-0.2, 0) is 0 Å². The summed E-state index contributed by atoms with van der Waals surface area (Å²) in [7, 11) is 8.41. The quantitative estimate of drug-likeness (QED) is 0.0371. The number of fused-ring (bicyclic) bond motifs is 2. The van der Waals surface area contributed by atoms with Crippen molar-refractivity contribution in [2.24, 2.45) is 4.99 Å². The first kappa shape index (κ1) is 42.1. The van der Waals surface area contributed by atoms with Crippen LogP contribution in [0.3, 0.4) is 0 Å². The summed E-state index contributed by atoms with van der Waals surface area (Å²) >= 11 is 0. The number of nitrogens with zero attached hydrogens (tertiary/aromatic N) is 5. The number of quaternary nitrogens is 1.